The number of aromatic nitrogens is 1. The summed E-state index contributed by atoms with van der Waals surface area (Å²) in [6, 6.07) is 1.74. The van der Waals surface area contributed by atoms with Crippen molar-refractivity contribution in [3.05, 3.63) is 36.7 Å². The molecule has 0 saturated carbocycles. The molecule has 4 nitrogen and oxygen atoms in total. The molecule has 0 spiro atoms. The lowest BCUT2D eigenvalue weighted by atomic mass is 10.3. The molecule has 73 valence electrons. The maximum Gasteiger partial charge on any atom is 0.569 e. The fourth-order valence-electron chi connectivity index (χ4n) is 0.928. The van der Waals surface area contributed by atoms with Crippen LogP contribution >= 0.6 is 0 Å². The number of rotatable bonds is 6. The first-order valence-corrected chi connectivity index (χ1v) is 4.12. The third-order valence-corrected chi connectivity index (χ3v) is 1.46. The minimum atomic E-state index is 0.446. The Morgan fingerprint density at radius 2 is 2.43 bits per heavy atom. The Bertz CT molecular complexity index is 293. The second-order valence-corrected chi connectivity index (χ2v) is 2.56. The predicted molar refractivity (Wildman–Crippen MR) is 52.7 cm³/mol. The van der Waals surface area contributed by atoms with Crippen molar-refractivity contribution in [1.29, 1.82) is 0 Å². The molecule has 0 bridgehead atoms. The van der Waals surface area contributed by atoms with Gasteiger partial charge in [0.2, 0.25) is 0 Å². The summed E-state index contributed by atoms with van der Waals surface area (Å²) in [6.07, 6.45) is 4.85. The molecular weight excluding hydrogens is 181 g/mol. The van der Waals surface area contributed by atoms with Crippen LogP contribution in [-0.4, -0.2) is 24.3 Å². The topological polar surface area (TPSA) is 51.6 Å². The largest absolute Gasteiger partial charge is 0.569 e. The molecule has 1 N–H and O–H groups in total. The maximum atomic E-state index is 8.41. The van der Waals surface area contributed by atoms with E-state index in [1.807, 2.05) is 0 Å². The number of pyridine rings is 1. The molecule has 0 fully saturated rings. The number of hydrogen-bond donors (Lipinski definition) is 1. The molecule has 0 aromatic carbocycles. The summed E-state index contributed by atoms with van der Waals surface area (Å²) in [6.45, 7) is 4.48. The van der Waals surface area contributed by atoms with Crippen molar-refractivity contribution in [1.82, 2.24) is 4.98 Å². The van der Waals surface area contributed by atoms with E-state index in [9.17, 15) is 0 Å². The Labute approximate surface area is 83.5 Å². The van der Waals surface area contributed by atoms with Gasteiger partial charge in [-0.3, -0.25) is 4.98 Å². The fourth-order valence-corrected chi connectivity index (χ4v) is 0.928. The molecule has 1 aromatic heterocycles. The van der Waals surface area contributed by atoms with Crippen LogP contribution in [0, 0.1) is 0 Å². The SMILES string of the molecule is C=CCOCc1cncc(O[B]O)c1. The maximum absolute atomic E-state index is 8.41. The van der Waals surface area contributed by atoms with Crippen LogP contribution in [0.5, 0.6) is 5.75 Å². The molecule has 5 heteroatoms. The Morgan fingerprint density at radius 1 is 1.57 bits per heavy atom. The second-order valence-electron chi connectivity index (χ2n) is 2.56. The van der Waals surface area contributed by atoms with Gasteiger partial charge < -0.3 is 14.4 Å². The standard InChI is InChI=1S/C9H11BNO3/c1-2-3-13-7-8-4-9(14-10-12)6-11-5-8/h2,4-6,12H,1,3,7H2. The van der Waals surface area contributed by atoms with E-state index < -0.39 is 0 Å². The van der Waals surface area contributed by atoms with Crippen LogP contribution in [0.1, 0.15) is 5.56 Å². The molecule has 1 radical (unpaired) electrons. The van der Waals surface area contributed by atoms with Gasteiger partial charge in [0, 0.05) is 6.20 Å². The van der Waals surface area contributed by atoms with Gasteiger partial charge in [-0.2, -0.15) is 0 Å². The first-order chi connectivity index (χ1) is 6.86. The molecule has 1 rings (SSSR count). The van der Waals surface area contributed by atoms with E-state index >= 15 is 0 Å². The summed E-state index contributed by atoms with van der Waals surface area (Å²) in [7, 11) is 0.616. The molecule has 0 unspecified atom stereocenters. The van der Waals surface area contributed by atoms with Crippen molar-refractivity contribution in [3.63, 3.8) is 0 Å². The average Bonchev–Trinajstić information content (AvgIpc) is 2.19. The molecule has 0 aliphatic rings. The summed E-state index contributed by atoms with van der Waals surface area (Å²) in [4.78, 5) is 3.92. The van der Waals surface area contributed by atoms with Crippen molar-refractivity contribution in [2.24, 2.45) is 0 Å². The Balaban J connectivity index is 2.50. The van der Waals surface area contributed by atoms with Gasteiger partial charge in [0.05, 0.1) is 19.4 Å². The van der Waals surface area contributed by atoms with Gasteiger partial charge in [-0.1, -0.05) is 6.08 Å². The monoisotopic (exact) mass is 192 g/mol. The smallest absolute Gasteiger partial charge is 0.536 e. The molecule has 1 heterocycles. The van der Waals surface area contributed by atoms with Gasteiger partial charge in [0.25, 0.3) is 0 Å². The predicted octanol–water partition coefficient (Wildman–Crippen LogP) is 0.690. The van der Waals surface area contributed by atoms with Crippen LogP contribution in [0.4, 0.5) is 0 Å². The van der Waals surface area contributed by atoms with Crippen LogP contribution in [0.2, 0.25) is 0 Å². The van der Waals surface area contributed by atoms with Gasteiger partial charge in [-0.25, -0.2) is 0 Å². The normalized spacial score (nSPS) is 9.50. The van der Waals surface area contributed by atoms with Gasteiger partial charge in [-0.05, 0) is 11.6 Å². The summed E-state index contributed by atoms with van der Waals surface area (Å²) in [5.74, 6) is 0.479. The van der Waals surface area contributed by atoms with E-state index in [0.29, 0.717) is 26.6 Å². The van der Waals surface area contributed by atoms with E-state index in [-0.39, 0.29) is 0 Å². The van der Waals surface area contributed by atoms with E-state index in [4.69, 9.17) is 14.4 Å². The average molecular weight is 192 g/mol. The lowest BCUT2D eigenvalue weighted by molar-refractivity contribution is 0.148. The Morgan fingerprint density at radius 3 is 3.14 bits per heavy atom. The lowest BCUT2D eigenvalue weighted by Crippen LogP contribution is -2.01. The van der Waals surface area contributed by atoms with Crippen molar-refractivity contribution < 1.29 is 14.4 Å². The second kappa shape index (κ2) is 6.18. The first-order valence-electron chi connectivity index (χ1n) is 4.12. The molecule has 14 heavy (non-hydrogen) atoms. The van der Waals surface area contributed by atoms with E-state index in [1.165, 1.54) is 6.20 Å². The highest BCUT2D eigenvalue weighted by molar-refractivity contribution is 6.17. The third-order valence-electron chi connectivity index (χ3n) is 1.46. The molecular formula is C9H11BNO3. The summed E-state index contributed by atoms with van der Waals surface area (Å²) in [5.41, 5.74) is 0.881. The highest BCUT2D eigenvalue weighted by atomic mass is 16.5. The summed E-state index contributed by atoms with van der Waals surface area (Å²) in [5, 5.41) is 8.41. The molecule has 1 aromatic rings. The highest BCUT2D eigenvalue weighted by Gasteiger charge is 1.98. The highest BCUT2D eigenvalue weighted by Crippen LogP contribution is 2.11. The minimum absolute atomic E-state index is 0.446. The third kappa shape index (κ3) is 3.59. The van der Waals surface area contributed by atoms with Crippen molar-refractivity contribution in [2.45, 2.75) is 6.61 Å². The van der Waals surface area contributed by atoms with Crippen LogP contribution in [-0.2, 0) is 11.3 Å². The Kier molecular flexibility index (Phi) is 4.75. The zero-order valence-electron chi connectivity index (χ0n) is 7.72. The molecule has 0 saturated heterocycles. The molecule has 0 aliphatic heterocycles. The van der Waals surface area contributed by atoms with Gasteiger partial charge in [-0.15, -0.1) is 6.58 Å². The van der Waals surface area contributed by atoms with E-state index in [1.54, 1.807) is 18.3 Å². The number of hydrogen-bond acceptors (Lipinski definition) is 4. The minimum Gasteiger partial charge on any atom is -0.536 e. The van der Waals surface area contributed by atoms with Crippen molar-refractivity contribution in [2.75, 3.05) is 6.61 Å². The van der Waals surface area contributed by atoms with Gasteiger partial charge >= 0.3 is 7.69 Å². The Hall–Kier alpha value is -1.33. The van der Waals surface area contributed by atoms with Crippen LogP contribution in [0.3, 0.4) is 0 Å². The quantitative estimate of drug-likeness (QED) is 0.409. The van der Waals surface area contributed by atoms with Crippen LogP contribution in [0.15, 0.2) is 31.1 Å². The van der Waals surface area contributed by atoms with Gasteiger partial charge in [0.15, 0.2) is 0 Å². The fraction of sp³-hybridized carbons (Fsp3) is 0.222. The number of nitrogens with zero attached hydrogens (tertiary/aromatic N) is 1. The molecule has 0 amide bonds. The van der Waals surface area contributed by atoms with Crippen LogP contribution in [0.25, 0.3) is 0 Å². The molecule has 0 atom stereocenters. The van der Waals surface area contributed by atoms with Crippen LogP contribution < -0.4 is 4.65 Å². The molecule has 0 aliphatic carbocycles. The summed E-state index contributed by atoms with van der Waals surface area (Å²) < 4.78 is 9.96. The van der Waals surface area contributed by atoms with Gasteiger partial charge in [0.1, 0.15) is 5.75 Å². The first kappa shape index (κ1) is 10.8. The van der Waals surface area contributed by atoms with E-state index in [2.05, 4.69) is 11.6 Å². The summed E-state index contributed by atoms with van der Waals surface area (Å²) >= 11 is 0. The zero-order valence-corrected chi connectivity index (χ0v) is 7.72. The van der Waals surface area contributed by atoms with Crippen molar-refractivity contribution >= 4 is 7.69 Å². The number of ether oxygens (including phenoxy) is 1. The lowest BCUT2D eigenvalue weighted by Gasteiger charge is -2.04. The van der Waals surface area contributed by atoms with Crippen molar-refractivity contribution in [3.8, 4) is 5.75 Å². The van der Waals surface area contributed by atoms with E-state index in [0.717, 1.165) is 5.56 Å². The zero-order chi connectivity index (χ0) is 10.2.